The third-order valence-electron chi connectivity index (χ3n) is 2.54. The first kappa shape index (κ1) is 13.3. The van der Waals surface area contributed by atoms with Gasteiger partial charge in [0.2, 0.25) is 5.91 Å². The van der Waals surface area contributed by atoms with Crippen LogP contribution in [0.15, 0.2) is 41.1 Å². The van der Waals surface area contributed by atoms with Crippen LogP contribution in [0.1, 0.15) is 11.1 Å². The fourth-order valence-corrected chi connectivity index (χ4v) is 2.33. The average molecular weight is 275 g/mol. The third kappa shape index (κ3) is 4.22. The molecule has 1 aromatic heterocycles. The van der Waals surface area contributed by atoms with Crippen molar-refractivity contribution in [2.24, 2.45) is 0 Å². The summed E-state index contributed by atoms with van der Waals surface area (Å²) >= 11 is 1.56. The minimum absolute atomic E-state index is 0.0108. The predicted octanol–water partition coefficient (Wildman–Crippen LogP) is 2.56. The molecule has 0 spiro atoms. The summed E-state index contributed by atoms with van der Waals surface area (Å²) in [6, 6.07) is 8.75. The lowest BCUT2D eigenvalue weighted by molar-refractivity contribution is -0.136. The summed E-state index contributed by atoms with van der Waals surface area (Å²) in [7, 11) is 0. The zero-order valence-corrected chi connectivity index (χ0v) is 10.9. The summed E-state index contributed by atoms with van der Waals surface area (Å²) in [5.41, 5.74) is 2.38. The highest BCUT2D eigenvalue weighted by atomic mass is 32.1. The molecule has 2 rings (SSSR count). The number of carbonyl (C=O) groups excluding carboxylic acids is 1. The highest BCUT2D eigenvalue weighted by Crippen LogP contribution is 2.12. The van der Waals surface area contributed by atoms with Gasteiger partial charge in [-0.05, 0) is 40.1 Å². The Labute approximate surface area is 114 Å². The molecule has 98 valence electrons. The predicted molar refractivity (Wildman–Crippen MR) is 74.4 cm³/mol. The lowest BCUT2D eigenvalue weighted by atomic mass is 10.1. The number of carboxylic acid groups (broad SMARTS) is 1. The molecular weight excluding hydrogens is 262 g/mol. The number of thiophene rings is 1. The zero-order chi connectivity index (χ0) is 13.7. The van der Waals surface area contributed by atoms with Gasteiger partial charge in [0, 0.05) is 5.69 Å². The molecule has 0 atom stereocenters. The maximum absolute atomic E-state index is 11.7. The van der Waals surface area contributed by atoms with Crippen molar-refractivity contribution in [1.82, 2.24) is 0 Å². The van der Waals surface area contributed by atoms with Gasteiger partial charge < -0.3 is 10.4 Å². The van der Waals surface area contributed by atoms with Gasteiger partial charge in [-0.25, -0.2) is 0 Å². The molecule has 0 aliphatic heterocycles. The lowest BCUT2D eigenvalue weighted by Gasteiger charge is -2.05. The van der Waals surface area contributed by atoms with Gasteiger partial charge in [-0.15, -0.1) is 0 Å². The molecule has 1 heterocycles. The quantitative estimate of drug-likeness (QED) is 0.881. The molecule has 1 aromatic carbocycles. The highest BCUT2D eigenvalue weighted by molar-refractivity contribution is 7.08. The van der Waals surface area contributed by atoms with E-state index in [-0.39, 0.29) is 12.3 Å². The van der Waals surface area contributed by atoms with Crippen molar-refractivity contribution in [2.75, 3.05) is 5.32 Å². The number of aliphatic carboxylic acids is 1. The van der Waals surface area contributed by atoms with Crippen LogP contribution in [0.25, 0.3) is 0 Å². The third-order valence-corrected chi connectivity index (χ3v) is 3.27. The van der Waals surface area contributed by atoms with Gasteiger partial charge in [0.1, 0.15) is 0 Å². The van der Waals surface area contributed by atoms with Crippen LogP contribution in [0.5, 0.6) is 0 Å². The van der Waals surface area contributed by atoms with E-state index in [2.05, 4.69) is 5.32 Å². The number of amides is 1. The molecule has 2 N–H and O–H groups in total. The number of carboxylic acids is 1. The molecule has 0 saturated heterocycles. The Morgan fingerprint density at radius 1 is 1.05 bits per heavy atom. The number of rotatable bonds is 5. The SMILES string of the molecule is O=C(O)Cc1ccc(NC(=O)Cc2ccsc2)cc1. The molecule has 0 saturated carbocycles. The number of carbonyl (C=O) groups is 2. The van der Waals surface area contributed by atoms with Crippen molar-refractivity contribution >= 4 is 28.9 Å². The first-order valence-corrected chi connectivity index (χ1v) is 6.69. The van der Waals surface area contributed by atoms with Gasteiger partial charge in [0.25, 0.3) is 0 Å². The van der Waals surface area contributed by atoms with E-state index in [0.717, 1.165) is 5.56 Å². The molecule has 0 radical (unpaired) electrons. The summed E-state index contributed by atoms with van der Waals surface area (Å²) in [6.45, 7) is 0. The summed E-state index contributed by atoms with van der Waals surface area (Å²) in [4.78, 5) is 22.3. The van der Waals surface area contributed by atoms with Gasteiger partial charge in [-0.1, -0.05) is 12.1 Å². The molecule has 4 nitrogen and oxygen atoms in total. The van der Waals surface area contributed by atoms with Crippen LogP contribution in [0.2, 0.25) is 0 Å². The Balaban J connectivity index is 1.92. The first-order chi connectivity index (χ1) is 9.13. The van der Waals surface area contributed by atoms with Gasteiger partial charge >= 0.3 is 5.97 Å². The molecule has 2 aromatic rings. The van der Waals surface area contributed by atoms with E-state index in [1.165, 1.54) is 0 Å². The van der Waals surface area contributed by atoms with Crippen molar-refractivity contribution in [3.63, 3.8) is 0 Å². The number of hydrogen-bond donors (Lipinski definition) is 2. The Kier molecular flexibility index (Phi) is 4.30. The van der Waals surface area contributed by atoms with Gasteiger partial charge in [-0.2, -0.15) is 11.3 Å². The molecule has 0 bridgehead atoms. The largest absolute Gasteiger partial charge is 0.481 e. The summed E-state index contributed by atoms with van der Waals surface area (Å²) in [5, 5.41) is 15.3. The van der Waals surface area contributed by atoms with E-state index in [1.807, 2.05) is 16.8 Å². The Bertz CT molecular complexity index is 561. The van der Waals surface area contributed by atoms with Gasteiger partial charge in [0.15, 0.2) is 0 Å². The van der Waals surface area contributed by atoms with E-state index < -0.39 is 5.97 Å². The van der Waals surface area contributed by atoms with Crippen molar-refractivity contribution in [3.8, 4) is 0 Å². The summed E-state index contributed by atoms with van der Waals surface area (Å²) in [5.74, 6) is -0.946. The fraction of sp³-hybridized carbons (Fsp3) is 0.143. The number of nitrogens with one attached hydrogen (secondary N) is 1. The molecule has 1 amide bonds. The summed E-state index contributed by atoms with van der Waals surface area (Å²) < 4.78 is 0. The second-order valence-corrected chi connectivity index (χ2v) is 4.90. The Morgan fingerprint density at radius 2 is 1.79 bits per heavy atom. The molecular formula is C14H13NO3S. The van der Waals surface area contributed by atoms with Crippen molar-refractivity contribution in [3.05, 3.63) is 52.2 Å². The van der Waals surface area contributed by atoms with Crippen molar-refractivity contribution in [1.29, 1.82) is 0 Å². The van der Waals surface area contributed by atoms with Crippen LogP contribution in [0.3, 0.4) is 0 Å². The maximum atomic E-state index is 11.7. The molecule has 0 aliphatic carbocycles. The van der Waals surface area contributed by atoms with E-state index in [4.69, 9.17) is 5.11 Å². The van der Waals surface area contributed by atoms with Crippen LogP contribution >= 0.6 is 11.3 Å². The van der Waals surface area contributed by atoms with E-state index >= 15 is 0 Å². The minimum Gasteiger partial charge on any atom is -0.481 e. The maximum Gasteiger partial charge on any atom is 0.307 e. The Hall–Kier alpha value is -2.14. The first-order valence-electron chi connectivity index (χ1n) is 5.75. The minimum atomic E-state index is -0.866. The van der Waals surface area contributed by atoms with E-state index in [1.54, 1.807) is 35.6 Å². The Morgan fingerprint density at radius 3 is 2.37 bits per heavy atom. The molecule has 0 unspecified atom stereocenters. The number of benzene rings is 1. The number of hydrogen-bond acceptors (Lipinski definition) is 3. The standard InChI is InChI=1S/C14H13NO3S/c16-13(7-11-5-6-19-9-11)15-12-3-1-10(2-4-12)8-14(17)18/h1-6,9H,7-8H2,(H,15,16)(H,17,18). The number of anilines is 1. The second-order valence-electron chi connectivity index (χ2n) is 4.12. The molecule has 0 fully saturated rings. The highest BCUT2D eigenvalue weighted by Gasteiger charge is 2.05. The van der Waals surface area contributed by atoms with Crippen LogP contribution in [0.4, 0.5) is 5.69 Å². The van der Waals surface area contributed by atoms with Gasteiger partial charge in [0.05, 0.1) is 12.8 Å². The van der Waals surface area contributed by atoms with Crippen LogP contribution < -0.4 is 5.32 Å². The van der Waals surface area contributed by atoms with Crippen LogP contribution in [-0.2, 0) is 22.4 Å². The lowest BCUT2D eigenvalue weighted by Crippen LogP contribution is -2.14. The van der Waals surface area contributed by atoms with Crippen LogP contribution in [-0.4, -0.2) is 17.0 Å². The normalized spacial score (nSPS) is 10.1. The molecule has 0 aliphatic rings. The topological polar surface area (TPSA) is 66.4 Å². The summed E-state index contributed by atoms with van der Waals surface area (Å²) in [6.07, 6.45) is 0.337. The second kappa shape index (κ2) is 6.15. The van der Waals surface area contributed by atoms with E-state index in [0.29, 0.717) is 17.7 Å². The molecule has 19 heavy (non-hydrogen) atoms. The average Bonchev–Trinajstić information content (AvgIpc) is 2.83. The smallest absolute Gasteiger partial charge is 0.307 e. The molecule has 5 heteroatoms. The zero-order valence-electron chi connectivity index (χ0n) is 10.1. The fourth-order valence-electron chi connectivity index (χ4n) is 1.66. The van der Waals surface area contributed by atoms with Crippen molar-refractivity contribution in [2.45, 2.75) is 12.8 Å². The monoisotopic (exact) mass is 275 g/mol. The van der Waals surface area contributed by atoms with Gasteiger partial charge in [-0.3, -0.25) is 9.59 Å². The van der Waals surface area contributed by atoms with E-state index in [9.17, 15) is 9.59 Å². The van der Waals surface area contributed by atoms with Crippen LogP contribution in [0, 0.1) is 0 Å². The van der Waals surface area contributed by atoms with Crippen molar-refractivity contribution < 1.29 is 14.7 Å².